The molecule has 0 bridgehead atoms. The molecule has 0 radical (unpaired) electrons. The second-order valence-corrected chi connectivity index (χ2v) is 4.12. The van der Waals surface area contributed by atoms with Gasteiger partial charge in [0.05, 0.1) is 5.02 Å². The minimum Gasteiger partial charge on any atom is -0.292 e. The van der Waals surface area contributed by atoms with Crippen molar-refractivity contribution in [3.8, 4) is 0 Å². The maximum absolute atomic E-state index is 13.5. The number of nitrogens with zero attached hydrogens (tertiary/aromatic N) is 2. The first-order chi connectivity index (χ1) is 7.68. The number of carbonyl (C=O) groups is 1. The molecular weight excluding hydrogens is 251 g/mol. The maximum Gasteiger partial charge on any atom is 0.188 e. The van der Waals surface area contributed by atoms with Crippen LogP contribution in [0.3, 0.4) is 0 Å². The maximum atomic E-state index is 13.5. The van der Waals surface area contributed by atoms with E-state index in [4.69, 9.17) is 11.6 Å². The molecule has 16 heavy (non-hydrogen) atoms. The molecule has 0 saturated heterocycles. The summed E-state index contributed by atoms with van der Waals surface area (Å²) in [6.45, 7) is 0. The van der Waals surface area contributed by atoms with Crippen molar-refractivity contribution in [2.24, 2.45) is 0 Å². The topological polar surface area (TPSA) is 42.9 Å². The van der Waals surface area contributed by atoms with E-state index in [0.717, 1.165) is 11.5 Å². The zero-order valence-electron chi connectivity index (χ0n) is 7.98. The Labute approximate surface area is 100 Å². The van der Waals surface area contributed by atoms with E-state index in [-0.39, 0.29) is 28.5 Å². The molecule has 2 rings (SSSR count). The van der Waals surface area contributed by atoms with Crippen LogP contribution < -0.4 is 0 Å². The summed E-state index contributed by atoms with van der Waals surface area (Å²) in [6, 6.07) is 4.57. The van der Waals surface area contributed by atoms with E-state index < -0.39 is 5.82 Å². The molecule has 0 atom stereocenters. The van der Waals surface area contributed by atoms with Crippen molar-refractivity contribution in [2.75, 3.05) is 0 Å². The highest BCUT2D eigenvalue weighted by atomic mass is 35.5. The van der Waals surface area contributed by atoms with Crippen LogP contribution in [-0.2, 0) is 6.42 Å². The van der Waals surface area contributed by atoms with Crippen LogP contribution in [0.1, 0.15) is 16.1 Å². The second kappa shape index (κ2) is 4.67. The molecule has 0 aliphatic heterocycles. The predicted octanol–water partition coefficient (Wildman–Crippen LogP) is 2.76. The zero-order chi connectivity index (χ0) is 11.5. The van der Waals surface area contributed by atoms with Crippen LogP contribution in [0.4, 0.5) is 4.39 Å². The van der Waals surface area contributed by atoms with Crippen molar-refractivity contribution in [3.05, 3.63) is 45.7 Å². The summed E-state index contributed by atoms with van der Waals surface area (Å²) < 4.78 is 17.1. The number of aromatic nitrogens is 2. The minimum absolute atomic E-state index is 0.0155. The zero-order valence-corrected chi connectivity index (χ0v) is 9.56. The molecular formula is C10H6ClFN2OS. The van der Waals surface area contributed by atoms with Crippen LogP contribution >= 0.6 is 23.1 Å². The molecule has 0 N–H and O–H groups in total. The summed E-state index contributed by atoms with van der Waals surface area (Å²) in [4.78, 5) is 11.6. The predicted molar refractivity (Wildman–Crippen MR) is 59.4 cm³/mol. The molecule has 1 heterocycles. The lowest BCUT2D eigenvalue weighted by atomic mass is 10.1. The lowest BCUT2D eigenvalue weighted by molar-refractivity contribution is 0.0987. The molecule has 2 aromatic rings. The second-order valence-electron chi connectivity index (χ2n) is 3.10. The Morgan fingerprint density at radius 3 is 3.00 bits per heavy atom. The third kappa shape index (κ3) is 2.25. The van der Waals surface area contributed by atoms with Gasteiger partial charge in [0.25, 0.3) is 0 Å². The van der Waals surface area contributed by atoms with E-state index >= 15 is 0 Å². The monoisotopic (exact) mass is 256 g/mol. The van der Waals surface area contributed by atoms with Gasteiger partial charge in [-0.15, -0.1) is 5.10 Å². The third-order valence-corrected chi connectivity index (χ3v) is 2.82. The summed E-state index contributed by atoms with van der Waals surface area (Å²) >= 11 is 6.69. The third-order valence-electron chi connectivity index (χ3n) is 2.03. The lowest BCUT2D eigenvalue weighted by Crippen LogP contribution is -2.05. The number of ketones is 1. The van der Waals surface area contributed by atoms with Crippen LogP contribution in [0.15, 0.2) is 23.6 Å². The van der Waals surface area contributed by atoms with Gasteiger partial charge in [0, 0.05) is 11.8 Å². The minimum atomic E-state index is -0.555. The molecule has 82 valence electrons. The van der Waals surface area contributed by atoms with Gasteiger partial charge in [-0.05, 0) is 23.2 Å². The number of benzene rings is 1. The highest BCUT2D eigenvalue weighted by Gasteiger charge is 2.14. The largest absolute Gasteiger partial charge is 0.292 e. The van der Waals surface area contributed by atoms with E-state index in [1.807, 2.05) is 0 Å². The van der Waals surface area contributed by atoms with Crippen LogP contribution in [-0.4, -0.2) is 15.4 Å². The van der Waals surface area contributed by atoms with Gasteiger partial charge in [0.1, 0.15) is 11.5 Å². The van der Waals surface area contributed by atoms with Gasteiger partial charge in [-0.1, -0.05) is 28.2 Å². The van der Waals surface area contributed by atoms with Crippen molar-refractivity contribution in [1.82, 2.24) is 9.59 Å². The van der Waals surface area contributed by atoms with E-state index in [0.29, 0.717) is 0 Å². The van der Waals surface area contributed by atoms with E-state index in [1.165, 1.54) is 17.5 Å². The standard InChI is InChI=1S/C10H6ClFN2OS/c11-7-3-1-2-6(10(7)12)4-9(15)8-5-16-14-13-8/h1-3,5H,4H2. The van der Waals surface area contributed by atoms with Gasteiger partial charge in [-0.3, -0.25) is 4.79 Å². The van der Waals surface area contributed by atoms with Gasteiger partial charge in [0.2, 0.25) is 0 Å². The first-order valence-electron chi connectivity index (χ1n) is 4.41. The summed E-state index contributed by atoms with van der Waals surface area (Å²) in [5.41, 5.74) is 0.523. The highest BCUT2D eigenvalue weighted by molar-refractivity contribution is 7.03. The van der Waals surface area contributed by atoms with Crippen molar-refractivity contribution in [2.45, 2.75) is 6.42 Å². The highest BCUT2D eigenvalue weighted by Crippen LogP contribution is 2.19. The number of rotatable bonds is 3. The quantitative estimate of drug-likeness (QED) is 0.793. The fourth-order valence-electron chi connectivity index (χ4n) is 1.23. The van der Waals surface area contributed by atoms with Crippen molar-refractivity contribution in [3.63, 3.8) is 0 Å². The molecule has 1 aromatic heterocycles. The summed E-state index contributed by atoms with van der Waals surface area (Å²) in [6.07, 6.45) is -0.0577. The molecule has 0 unspecified atom stereocenters. The smallest absolute Gasteiger partial charge is 0.188 e. The number of halogens is 2. The molecule has 0 aliphatic rings. The molecule has 0 aliphatic carbocycles. The molecule has 0 spiro atoms. The number of carbonyl (C=O) groups excluding carboxylic acids is 1. The van der Waals surface area contributed by atoms with Crippen molar-refractivity contribution in [1.29, 1.82) is 0 Å². The van der Waals surface area contributed by atoms with E-state index in [2.05, 4.69) is 9.59 Å². The normalized spacial score (nSPS) is 10.4. The SMILES string of the molecule is O=C(Cc1cccc(Cl)c1F)c1csnn1. The van der Waals surface area contributed by atoms with Gasteiger partial charge >= 0.3 is 0 Å². The van der Waals surface area contributed by atoms with Crippen molar-refractivity contribution < 1.29 is 9.18 Å². The van der Waals surface area contributed by atoms with Gasteiger partial charge in [0.15, 0.2) is 5.78 Å². The van der Waals surface area contributed by atoms with Crippen LogP contribution in [0.5, 0.6) is 0 Å². The van der Waals surface area contributed by atoms with E-state index in [9.17, 15) is 9.18 Å². The Hall–Kier alpha value is -1.33. The van der Waals surface area contributed by atoms with E-state index in [1.54, 1.807) is 6.07 Å². The Bertz CT molecular complexity index is 516. The Morgan fingerprint density at radius 1 is 1.50 bits per heavy atom. The molecule has 3 nitrogen and oxygen atoms in total. The number of Topliss-reactive ketones (excluding diaryl/α,β-unsaturated/α-hetero) is 1. The summed E-state index contributed by atoms with van der Waals surface area (Å²) in [5.74, 6) is -0.823. The Kier molecular flexibility index (Phi) is 3.26. The van der Waals surface area contributed by atoms with Crippen LogP contribution in [0, 0.1) is 5.82 Å². The summed E-state index contributed by atoms with van der Waals surface area (Å²) in [7, 11) is 0. The first kappa shape index (κ1) is 11.2. The summed E-state index contributed by atoms with van der Waals surface area (Å²) in [5, 5.41) is 5.18. The average Bonchev–Trinajstić information content (AvgIpc) is 2.78. The molecule has 1 aromatic carbocycles. The fraction of sp³-hybridized carbons (Fsp3) is 0.100. The van der Waals surface area contributed by atoms with Gasteiger partial charge < -0.3 is 0 Å². The van der Waals surface area contributed by atoms with Crippen LogP contribution in [0.2, 0.25) is 5.02 Å². The molecule has 0 amide bonds. The average molecular weight is 257 g/mol. The fourth-order valence-corrected chi connectivity index (χ4v) is 1.89. The lowest BCUT2D eigenvalue weighted by Gasteiger charge is -2.01. The molecule has 0 fully saturated rings. The van der Waals surface area contributed by atoms with Crippen LogP contribution in [0.25, 0.3) is 0 Å². The Morgan fingerprint density at radius 2 is 2.31 bits per heavy atom. The first-order valence-corrected chi connectivity index (χ1v) is 5.63. The van der Waals surface area contributed by atoms with Crippen molar-refractivity contribution >= 4 is 28.9 Å². The van der Waals surface area contributed by atoms with Gasteiger partial charge in [-0.2, -0.15) is 0 Å². The molecule has 0 saturated carbocycles. The Balaban J connectivity index is 2.22. The number of hydrogen-bond donors (Lipinski definition) is 0. The number of hydrogen-bond acceptors (Lipinski definition) is 4. The molecule has 6 heteroatoms. The van der Waals surface area contributed by atoms with Gasteiger partial charge in [-0.25, -0.2) is 4.39 Å².